The van der Waals surface area contributed by atoms with Crippen molar-refractivity contribution in [1.29, 1.82) is 0 Å². The molecule has 2 aliphatic rings. The molecule has 1 aromatic rings. The van der Waals surface area contributed by atoms with Crippen LogP contribution in [0.1, 0.15) is 38.7 Å². The van der Waals surface area contributed by atoms with E-state index in [1.54, 1.807) is 0 Å². The first-order valence-corrected chi connectivity index (χ1v) is 8.20. The molecule has 1 aromatic carbocycles. The van der Waals surface area contributed by atoms with Crippen LogP contribution < -0.4 is 5.32 Å². The van der Waals surface area contributed by atoms with Gasteiger partial charge in [-0.2, -0.15) is 0 Å². The first kappa shape index (κ1) is 14.1. The fourth-order valence-corrected chi connectivity index (χ4v) is 3.42. The van der Waals surface area contributed by atoms with Crippen LogP contribution in [0.5, 0.6) is 0 Å². The Kier molecular flexibility index (Phi) is 4.13. The Morgan fingerprint density at radius 3 is 2.65 bits per heavy atom. The molecule has 0 aromatic heterocycles. The molecule has 1 N–H and O–H groups in total. The second kappa shape index (κ2) is 5.87. The maximum absolute atomic E-state index is 3.76. The van der Waals surface area contributed by atoms with E-state index in [4.69, 9.17) is 0 Å². The van der Waals surface area contributed by atoms with E-state index in [9.17, 15) is 0 Å². The van der Waals surface area contributed by atoms with Crippen molar-refractivity contribution in [2.75, 3.05) is 19.6 Å². The van der Waals surface area contributed by atoms with E-state index in [0.717, 1.165) is 19.0 Å². The minimum Gasteiger partial charge on any atom is -0.311 e. The van der Waals surface area contributed by atoms with Gasteiger partial charge in [0.1, 0.15) is 0 Å². The Balaban J connectivity index is 1.60. The van der Waals surface area contributed by atoms with Crippen LogP contribution in [0.25, 0.3) is 0 Å². The van der Waals surface area contributed by atoms with E-state index < -0.39 is 0 Å². The lowest BCUT2D eigenvalue weighted by molar-refractivity contribution is 0.104. The van der Waals surface area contributed by atoms with E-state index in [-0.39, 0.29) is 0 Å². The normalized spacial score (nSPS) is 29.3. The number of nitrogens with one attached hydrogen (secondary N) is 1. The maximum Gasteiger partial charge on any atom is 0.0236 e. The smallest absolute Gasteiger partial charge is 0.0236 e. The molecule has 2 atom stereocenters. The summed E-state index contributed by atoms with van der Waals surface area (Å²) in [5.74, 6) is 0. The molecule has 2 unspecified atom stereocenters. The van der Waals surface area contributed by atoms with Crippen molar-refractivity contribution in [2.24, 2.45) is 5.41 Å². The van der Waals surface area contributed by atoms with Gasteiger partial charge in [-0.05, 0) is 36.7 Å². The van der Waals surface area contributed by atoms with E-state index in [1.165, 1.54) is 37.9 Å². The number of hydrogen-bond donors (Lipinski definition) is 1. The summed E-state index contributed by atoms with van der Waals surface area (Å²) in [6.45, 7) is 8.45. The highest BCUT2D eigenvalue weighted by Crippen LogP contribution is 2.46. The molecule has 110 valence electrons. The zero-order chi connectivity index (χ0) is 14.0. The fourth-order valence-electron chi connectivity index (χ4n) is 3.42. The summed E-state index contributed by atoms with van der Waals surface area (Å²) in [5, 5.41) is 3.76. The Hall–Kier alpha value is -0.860. The first-order valence-electron chi connectivity index (χ1n) is 8.20. The van der Waals surface area contributed by atoms with Crippen LogP contribution in [0.15, 0.2) is 30.3 Å². The van der Waals surface area contributed by atoms with Crippen LogP contribution in [0.3, 0.4) is 0 Å². The largest absolute Gasteiger partial charge is 0.311 e. The van der Waals surface area contributed by atoms with Crippen LogP contribution in [-0.4, -0.2) is 36.6 Å². The van der Waals surface area contributed by atoms with E-state index >= 15 is 0 Å². The number of nitrogens with zero attached hydrogens (tertiary/aromatic N) is 1. The van der Waals surface area contributed by atoms with Crippen molar-refractivity contribution in [2.45, 2.75) is 51.6 Å². The molecule has 1 aliphatic carbocycles. The lowest BCUT2D eigenvalue weighted by Crippen LogP contribution is -2.57. The predicted molar refractivity (Wildman–Crippen MR) is 84.9 cm³/mol. The third kappa shape index (κ3) is 3.42. The van der Waals surface area contributed by atoms with Gasteiger partial charge in [0.15, 0.2) is 0 Å². The van der Waals surface area contributed by atoms with Gasteiger partial charge in [0.2, 0.25) is 0 Å². The molecule has 0 spiro atoms. The zero-order valence-electron chi connectivity index (χ0n) is 12.9. The van der Waals surface area contributed by atoms with E-state index in [1.807, 2.05) is 0 Å². The molecule has 0 bridgehead atoms. The van der Waals surface area contributed by atoms with Crippen molar-refractivity contribution < 1.29 is 0 Å². The minimum atomic E-state index is 0.613. The van der Waals surface area contributed by atoms with Gasteiger partial charge < -0.3 is 5.32 Å². The number of piperazine rings is 1. The second-order valence-corrected chi connectivity index (χ2v) is 7.10. The van der Waals surface area contributed by atoms with Gasteiger partial charge in [0.05, 0.1) is 0 Å². The Bertz CT molecular complexity index is 424. The molecule has 1 heterocycles. The molecule has 1 saturated carbocycles. The number of hydrogen-bond acceptors (Lipinski definition) is 2. The van der Waals surface area contributed by atoms with Crippen molar-refractivity contribution in [1.82, 2.24) is 10.2 Å². The molecule has 20 heavy (non-hydrogen) atoms. The summed E-state index contributed by atoms with van der Waals surface area (Å²) in [6.07, 6.45) is 5.28. The highest BCUT2D eigenvalue weighted by Gasteiger charge is 2.41. The molecule has 2 fully saturated rings. The molecule has 1 saturated heterocycles. The maximum atomic E-state index is 3.76. The molecule has 2 heteroatoms. The van der Waals surface area contributed by atoms with Crippen molar-refractivity contribution >= 4 is 0 Å². The summed E-state index contributed by atoms with van der Waals surface area (Å²) in [6, 6.07) is 12.2. The van der Waals surface area contributed by atoms with Gasteiger partial charge >= 0.3 is 0 Å². The third-order valence-corrected chi connectivity index (χ3v) is 5.10. The van der Waals surface area contributed by atoms with Crippen molar-refractivity contribution in [3.05, 3.63) is 35.9 Å². The lowest BCUT2D eigenvalue weighted by Gasteiger charge is -2.41. The van der Waals surface area contributed by atoms with Crippen molar-refractivity contribution in [3.63, 3.8) is 0 Å². The zero-order valence-corrected chi connectivity index (χ0v) is 12.9. The van der Waals surface area contributed by atoms with Gasteiger partial charge in [-0.15, -0.1) is 0 Å². The summed E-state index contributed by atoms with van der Waals surface area (Å²) in [4.78, 5) is 2.76. The third-order valence-electron chi connectivity index (χ3n) is 5.10. The Morgan fingerprint density at radius 1 is 1.25 bits per heavy atom. The number of rotatable bonds is 5. The number of benzene rings is 1. The topological polar surface area (TPSA) is 15.3 Å². The second-order valence-electron chi connectivity index (χ2n) is 7.10. The molecule has 1 aliphatic heterocycles. The molecular weight excluding hydrogens is 244 g/mol. The summed E-state index contributed by atoms with van der Waals surface area (Å²) >= 11 is 0. The van der Waals surface area contributed by atoms with Gasteiger partial charge in [-0.3, -0.25) is 4.90 Å². The molecule has 0 amide bonds. The van der Waals surface area contributed by atoms with E-state index in [2.05, 4.69) is 54.4 Å². The van der Waals surface area contributed by atoms with Gasteiger partial charge in [-0.1, -0.05) is 44.2 Å². The van der Waals surface area contributed by atoms with Crippen LogP contribution >= 0.6 is 0 Å². The Morgan fingerprint density at radius 2 is 2.00 bits per heavy atom. The monoisotopic (exact) mass is 272 g/mol. The lowest BCUT2D eigenvalue weighted by atomic mass is 9.98. The Labute approximate surface area is 123 Å². The first-order chi connectivity index (χ1) is 9.68. The van der Waals surface area contributed by atoms with Crippen LogP contribution in [-0.2, 0) is 6.42 Å². The predicted octanol–water partition coefficient (Wildman–Crippen LogP) is 3.08. The fraction of sp³-hybridized carbons (Fsp3) is 0.667. The SMILES string of the molecule is CCC1CNC(Cc2ccccc2)CN1CC1(C)CC1. The summed E-state index contributed by atoms with van der Waals surface area (Å²) in [7, 11) is 0. The van der Waals surface area contributed by atoms with Crippen molar-refractivity contribution in [3.8, 4) is 0 Å². The molecule has 2 nitrogen and oxygen atoms in total. The summed E-state index contributed by atoms with van der Waals surface area (Å²) in [5.41, 5.74) is 2.08. The van der Waals surface area contributed by atoms with Crippen LogP contribution in [0.4, 0.5) is 0 Å². The molecule has 3 rings (SSSR count). The molecular formula is C18H28N2. The van der Waals surface area contributed by atoms with Gasteiger partial charge in [-0.25, -0.2) is 0 Å². The minimum absolute atomic E-state index is 0.613. The van der Waals surface area contributed by atoms with E-state index in [0.29, 0.717) is 11.5 Å². The highest BCUT2D eigenvalue weighted by molar-refractivity contribution is 5.16. The summed E-state index contributed by atoms with van der Waals surface area (Å²) < 4.78 is 0. The molecule has 0 radical (unpaired) electrons. The standard InChI is InChI=1S/C18H28N2/c1-3-17-12-19-16(11-15-7-5-4-6-8-15)13-20(17)14-18(2)9-10-18/h4-8,16-17,19H,3,9-14H2,1-2H3. The van der Waals surface area contributed by atoms with Crippen LogP contribution in [0, 0.1) is 5.41 Å². The van der Waals surface area contributed by atoms with Gasteiger partial charge in [0, 0.05) is 31.7 Å². The average Bonchev–Trinajstić information content (AvgIpc) is 3.18. The quantitative estimate of drug-likeness (QED) is 0.886. The highest BCUT2D eigenvalue weighted by atomic mass is 15.2. The van der Waals surface area contributed by atoms with Crippen LogP contribution in [0.2, 0.25) is 0 Å². The van der Waals surface area contributed by atoms with Gasteiger partial charge in [0.25, 0.3) is 0 Å². The average molecular weight is 272 g/mol.